The van der Waals surface area contributed by atoms with E-state index in [-0.39, 0.29) is 77.2 Å². The molecule has 32 heteroatoms. The van der Waals surface area contributed by atoms with Crippen LogP contribution in [0.2, 0.25) is 39.3 Å². The molecule has 3 heterocycles. The van der Waals surface area contributed by atoms with Crippen molar-refractivity contribution < 1.29 is 101 Å². The van der Waals surface area contributed by atoms with Gasteiger partial charge in [-0.25, -0.2) is 42.7 Å². The van der Waals surface area contributed by atoms with Crippen LogP contribution in [-0.2, 0) is 65.3 Å². The third-order valence-electron chi connectivity index (χ3n) is 13.8. The zero-order chi connectivity index (χ0) is 73.0. The number of carbonyl (C=O) groups excluding carboxylic acids is 3. The summed E-state index contributed by atoms with van der Waals surface area (Å²) in [6.07, 6.45) is -11.4. The summed E-state index contributed by atoms with van der Waals surface area (Å²) in [6.45, 7) is 37.3. The Bertz CT molecular complexity index is 4430. The minimum atomic E-state index is -4.74. The van der Waals surface area contributed by atoms with Crippen LogP contribution in [0.4, 0.5) is 69.7 Å². The number of para-hydroxylation sites is 3. The van der Waals surface area contributed by atoms with Crippen molar-refractivity contribution >= 4 is 99.9 Å². The zero-order valence-corrected chi connectivity index (χ0v) is 58.0. The van der Waals surface area contributed by atoms with Crippen molar-refractivity contribution in [3.05, 3.63) is 218 Å². The topological polar surface area (TPSA) is 203 Å². The molecule has 514 valence electrons. The molecule has 3 atom stereocenters. The first-order chi connectivity index (χ1) is 44.7. The molecule has 0 saturated heterocycles. The first-order valence-corrected chi connectivity index (χ1v) is 36.8. The number of carbonyl (C=O) groups is 3. The third kappa shape index (κ3) is 22.9. The number of alkyl halides is 10. The number of rotatable bonds is 16. The van der Waals surface area contributed by atoms with E-state index in [1.165, 1.54) is 97.4 Å². The largest absolute Gasteiger partial charge is 1.00 e. The minimum absolute atomic E-state index is 0. The number of nitrogens with zero attached hydrogens (tertiary/aromatic N) is 9. The van der Waals surface area contributed by atoms with E-state index in [2.05, 4.69) is 89.7 Å². The van der Waals surface area contributed by atoms with Gasteiger partial charge in [-0.15, -0.1) is 0 Å². The molecule has 0 saturated carbocycles. The van der Waals surface area contributed by atoms with Crippen LogP contribution in [0.5, 0.6) is 0 Å². The van der Waals surface area contributed by atoms with Crippen molar-refractivity contribution in [1.29, 1.82) is 0 Å². The molecule has 0 bridgehead atoms. The van der Waals surface area contributed by atoms with E-state index < -0.39 is 127 Å². The van der Waals surface area contributed by atoms with Crippen LogP contribution < -0.4 is 18.9 Å². The van der Waals surface area contributed by atoms with Gasteiger partial charge >= 0.3 is 37.4 Å². The molecular formula is C66H64BrF12LiN10O6Si2. The number of aliphatic hydroxyl groups is 3. The van der Waals surface area contributed by atoms with Gasteiger partial charge in [-0.3, -0.25) is 14.4 Å². The Balaban J connectivity index is 0.000000277. The van der Waals surface area contributed by atoms with Crippen LogP contribution in [0.25, 0.3) is 52.3 Å². The van der Waals surface area contributed by atoms with Gasteiger partial charge in [-0.2, -0.15) is 39.5 Å². The van der Waals surface area contributed by atoms with Gasteiger partial charge in [0.15, 0.2) is 46.0 Å². The molecule has 0 aliphatic heterocycles. The molecule has 9 aromatic rings. The van der Waals surface area contributed by atoms with Crippen LogP contribution >= 0.6 is 15.9 Å². The molecule has 3 aromatic heterocycles. The second-order valence-corrected chi connectivity index (χ2v) is 34.7. The van der Waals surface area contributed by atoms with Gasteiger partial charge in [0, 0.05) is 24.6 Å². The fraction of sp³-hybridized carbons (Fsp3) is 0.318. The summed E-state index contributed by atoms with van der Waals surface area (Å²) in [6, 6.07) is 22.4. The predicted octanol–water partition coefficient (Wildman–Crippen LogP) is 13.9. The van der Waals surface area contributed by atoms with Gasteiger partial charge in [0.05, 0.1) is 85.0 Å². The Hall–Kier alpha value is -8.28. The zero-order valence-electron chi connectivity index (χ0n) is 54.4. The number of hydrogen-bond donors (Lipinski definition) is 4. The molecule has 6 aromatic carbocycles. The van der Waals surface area contributed by atoms with Crippen molar-refractivity contribution in [3.63, 3.8) is 0 Å². The normalized spacial score (nSPS) is 13.5. The average molecular weight is 1460 g/mol. The molecule has 16 nitrogen and oxygen atoms in total. The van der Waals surface area contributed by atoms with Gasteiger partial charge in [0.2, 0.25) is 0 Å². The van der Waals surface area contributed by atoms with E-state index in [9.17, 15) is 82.4 Å². The summed E-state index contributed by atoms with van der Waals surface area (Å²) in [4.78, 5) is 59.9. The Morgan fingerprint density at radius 1 is 0.531 bits per heavy atom. The van der Waals surface area contributed by atoms with Crippen molar-refractivity contribution in [2.24, 2.45) is 0 Å². The van der Waals surface area contributed by atoms with E-state index in [0.717, 1.165) is 41.9 Å². The number of ketones is 3. The molecule has 0 amide bonds. The van der Waals surface area contributed by atoms with Crippen LogP contribution in [0.1, 0.15) is 54.2 Å². The Labute approximate surface area is 578 Å². The van der Waals surface area contributed by atoms with Crippen LogP contribution in [-0.4, -0.2) is 100 Å². The van der Waals surface area contributed by atoms with Crippen LogP contribution in [0.3, 0.4) is 0 Å². The van der Waals surface area contributed by atoms with Gasteiger partial charge in [-0.1, -0.05) is 144 Å². The van der Waals surface area contributed by atoms with Gasteiger partial charge < -0.3 is 34.1 Å². The Kier molecular flexibility index (Phi) is 27.7. The molecule has 0 spiro atoms. The molecule has 0 aliphatic carbocycles. The molecule has 9 rings (SSSR count). The molecule has 0 unspecified atom stereocenters. The number of fused-ring (bicyclic) bond motifs is 3. The number of benzene rings is 6. The molecular weight excluding hydrogens is 1400 g/mol. The number of Topliss-reactive ketones (excluding diaryl/α,β-unsaturated/α-hetero) is 3. The molecule has 0 fully saturated rings. The van der Waals surface area contributed by atoms with Crippen molar-refractivity contribution in [3.8, 4) is 0 Å². The Morgan fingerprint density at radius 3 is 1.30 bits per heavy atom. The first-order valence-electron chi connectivity index (χ1n) is 28.8. The first kappa shape index (κ1) is 82.1. The summed E-state index contributed by atoms with van der Waals surface area (Å²) >= 11 is 2.96. The van der Waals surface area contributed by atoms with E-state index >= 15 is 0 Å². The number of aromatic nitrogens is 6. The summed E-state index contributed by atoms with van der Waals surface area (Å²) in [5.74, 6) is -3.48. The summed E-state index contributed by atoms with van der Waals surface area (Å²) < 4.78 is 165. The monoisotopic (exact) mass is 1460 g/mol. The van der Waals surface area contributed by atoms with Gasteiger partial charge in [0.25, 0.3) is 0 Å². The number of nitrogens with one attached hydrogen (secondary N) is 1. The van der Waals surface area contributed by atoms with Gasteiger partial charge in [0.1, 0.15) is 39.2 Å². The van der Waals surface area contributed by atoms with Crippen molar-refractivity contribution in [2.45, 2.75) is 128 Å². The van der Waals surface area contributed by atoms with E-state index in [0.29, 0.717) is 16.6 Å². The second-order valence-electron chi connectivity index (χ2n) is 24.6. The molecule has 98 heavy (non-hydrogen) atoms. The van der Waals surface area contributed by atoms with E-state index in [1.807, 2.05) is 0 Å². The predicted molar refractivity (Wildman–Crippen MR) is 350 cm³/mol. The third-order valence-corrected chi connectivity index (χ3v) is 20.3. The second kappa shape index (κ2) is 33.1. The summed E-state index contributed by atoms with van der Waals surface area (Å²) in [5, 5.41) is 30.9. The number of H-pyrrole nitrogens is 1. The maximum atomic E-state index is 14.1. The maximum absolute atomic E-state index is 14.1. The van der Waals surface area contributed by atoms with Crippen molar-refractivity contribution in [2.75, 3.05) is 5.33 Å². The Morgan fingerprint density at radius 2 is 0.908 bits per heavy atom. The molecule has 0 aliphatic rings. The van der Waals surface area contributed by atoms with Crippen molar-refractivity contribution in [1.82, 2.24) is 29.1 Å². The molecule has 4 N–H and O–H groups in total. The van der Waals surface area contributed by atoms with Crippen LogP contribution in [0, 0.1) is 37.2 Å². The van der Waals surface area contributed by atoms with E-state index in [4.69, 9.17) is 24.4 Å². The average Bonchev–Trinajstić information content (AvgIpc) is 1.53. The summed E-state index contributed by atoms with van der Waals surface area (Å²) in [5.41, 5.74) is -8.34. The SMILES string of the molecule is C[Si](C)(C)[N-][Si](C)(C)C.Fc1cccc2[nH]cnc12.[C-]#[N+]c1ccc(CC(=O)[C@@](C)(O)CBr)cc1C(F)(F)F.[C-]#[N+]c1ccc(CC(=O)[C@@](C)(O)Cn2cnc3c(F)cccc32)cc1C(F)(F)F.[C-]#[N+]c1ccc(CC(=O)[C@@](C)(O)Cn2cnc3cccc(F)c32)cc1C(F)(F)F.[Li+]. The fourth-order valence-electron chi connectivity index (χ4n) is 9.41. The standard InChI is InChI=1S/2C20H15F4N3O2.C13H11BrF3NO2.C7H5FN2.C6H18NSi2.Li/c1-19(29,10-27-11-26-18-14(21)4-3-5-16(18)27)17(28)9-12-6-7-15(25-2)13(8-12)20(22,23)24;1-19(29,10-27-11-26-16-5-3-4-14(21)18(16)27)17(28)9-12-6-7-15(25-2)13(8-12)20(22,23)24;1-12(20,7-14)11(19)6-8-3-4-10(18-2)9(5-8)13(15,16)17;8-5-2-1-3-6-7(5)10-4-9-6;1-8(2,3)7-9(4,5)6;/h2*3-8,11,29H,9-10H2,1H3;3-5,20H,6-7H2,1H3;1-4H,(H,9,10);1-6H3;/q;;;;-1;+1/t2*19-;12-;;;/m000.../s1. The van der Waals surface area contributed by atoms with Crippen LogP contribution in [0.15, 0.2) is 128 Å². The smallest absolute Gasteiger partial charge is 0.668 e. The number of aromatic amines is 1. The summed E-state index contributed by atoms with van der Waals surface area (Å²) in [7, 11) is -2.21. The number of imidazole rings is 3. The quantitative estimate of drug-likeness (QED) is 0.0314. The number of hydrogen-bond acceptors (Lipinski definition) is 9. The minimum Gasteiger partial charge on any atom is -0.668 e. The maximum Gasteiger partial charge on any atom is 1.00 e. The van der Waals surface area contributed by atoms with Gasteiger partial charge in [-0.05, 0) is 73.9 Å². The number of halogens is 13. The fourth-order valence-corrected chi connectivity index (χ4v) is 17.8. The molecule has 0 radical (unpaired) electrons. The van der Waals surface area contributed by atoms with E-state index in [1.54, 1.807) is 24.3 Å².